The molecule has 0 aliphatic carbocycles. The second-order valence-electron chi connectivity index (χ2n) is 8.60. The molecule has 0 unspecified atom stereocenters. The number of ketones is 1. The topological polar surface area (TPSA) is 70.7 Å². The molecule has 0 saturated carbocycles. The van der Waals surface area contributed by atoms with Crippen LogP contribution in [0.3, 0.4) is 0 Å². The lowest BCUT2D eigenvalue weighted by Crippen LogP contribution is -2.20. The maximum atomic E-state index is 12.6. The van der Waals surface area contributed by atoms with Crippen molar-refractivity contribution in [3.8, 4) is 5.75 Å². The molecule has 0 spiro atoms. The molecule has 3 rings (SSSR count). The van der Waals surface area contributed by atoms with E-state index < -0.39 is 5.97 Å². The predicted octanol–water partition coefficient (Wildman–Crippen LogP) is 4.85. The number of ether oxygens (including phenoxy) is 2. The number of hydrogen-bond acceptors (Lipinski definition) is 5. The van der Waals surface area contributed by atoms with Gasteiger partial charge in [0.25, 0.3) is 0 Å². The number of furan rings is 1. The van der Waals surface area contributed by atoms with Crippen molar-refractivity contribution in [1.29, 1.82) is 0 Å². The average molecular weight is 424 g/mol. The molecule has 0 fully saturated rings. The highest BCUT2D eigenvalue weighted by atomic mass is 16.6. The van der Waals surface area contributed by atoms with E-state index in [9.17, 15) is 9.59 Å². The molecule has 0 aliphatic rings. The number of esters is 1. The first-order chi connectivity index (χ1) is 14.6. The van der Waals surface area contributed by atoms with Gasteiger partial charge in [-0.3, -0.25) is 4.79 Å². The van der Waals surface area contributed by atoms with Gasteiger partial charge >= 0.3 is 5.97 Å². The van der Waals surface area contributed by atoms with Gasteiger partial charge < -0.3 is 18.5 Å². The highest BCUT2D eigenvalue weighted by Crippen LogP contribution is 2.24. The summed E-state index contributed by atoms with van der Waals surface area (Å²) in [6, 6.07) is 13.1. The fourth-order valence-electron chi connectivity index (χ4n) is 3.34. The number of aryl methyl sites for hydroxylation is 1. The van der Waals surface area contributed by atoms with E-state index in [4.69, 9.17) is 13.9 Å². The van der Waals surface area contributed by atoms with E-state index in [1.54, 1.807) is 6.26 Å². The Bertz CT molecular complexity index is 1040. The minimum absolute atomic E-state index is 0.0468. The van der Waals surface area contributed by atoms with Crippen LogP contribution in [0.2, 0.25) is 0 Å². The molecule has 1 aromatic carbocycles. The molecule has 0 amide bonds. The summed E-state index contributed by atoms with van der Waals surface area (Å²) in [7, 11) is 0. The quantitative estimate of drug-likeness (QED) is 0.383. The van der Waals surface area contributed by atoms with E-state index in [0.29, 0.717) is 17.9 Å². The molecule has 0 saturated heterocycles. The Hall–Kier alpha value is -3.28. The molecule has 2 heterocycles. The number of aromatic nitrogens is 1. The van der Waals surface area contributed by atoms with Crippen molar-refractivity contribution in [2.75, 3.05) is 13.2 Å². The molecular formula is C25H29NO5. The Balaban J connectivity index is 1.52. The van der Waals surface area contributed by atoms with Gasteiger partial charge in [-0.15, -0.1) is 0 Å². The number of nitrogens with zero attached hydrogens (tertiary/aromatic N) is 1. The Morgan fingerprint density at radius 1 is 1.03 bits per heavy atom. The van der Waals surface area contributed by atoms with Crippen molar-refractivity contribution in [3.63, 3.8) is 0 Å². The smallest absolute Gasteiger partial charge is 0.344 e. The first kappa shape index (κ1) is 22.4. The zero-order chi connectivity index (χ0) is 22.6. The summed E-state index contributed by atoms with van der Waals surface area (Å²) in [5, 5.41) is 0. The molecule has 164 valence electrons. The second-order valence-corrected chi connectivity index (χ2v) is 8.60. The first-order valence-electron chi connectivity index (χ1n) is 10.3. The number of rotatable bonds is 8. The molecule has 3 aromatic rings. The van der Waals surface area contributed by atoms with Crippen LogP contribution in [0.4, 0.5) is 0 Å². The Kier molecular flexibility index (Phi) is 6.68. The van der Waals surface area contributed by atoms with Gasteiger partial charge in [-0.1, -0.05) is 32.9 Å². The molecule has 31 heavy (non-hydrogen) atoms. The third kappa shape index (κ3) is 5.66. The van der Waals surface area contributed by atoms with Gasteiger partial charge in [0.15, 0.2) is 13.2 Å². The van der Waals surface area contributed by atoms with Crippen molar-refractivity contribution in [2.24, 2.45) is 0 Å². The lowest BCUT2D eigenvalue weighted by Gasteiger charge is -2.19. The van der Waals surface area contributed by atoms with E-state index in [-0.39, 0.29) is 24.4 Å². The van der Waals surface area contributed by atoms with Crippen molar-refractivity contribution in [2.45, 2.75) is 46.6 Å². The Morgan fingerprint density at radius 2 is 1.74 bits per heavy atom. The zero-order valence-electron chi connectivity index (χ0n) is 18.7. The highest BCUT2D eigenvalue weighted by molar-refractivity contribution is 5.99. The lowest BCUT2D eigenvalue weighted by molar-refractivity contribution is -0.144. The van der Waals surface area contributed by atoms with Crippen LogP contribution in [-0.4, -0.2) is 29.5 Å². The molecular weight excluding hydrogens is 394 g/mol. The lowest BCUT2D eigenvalue weighted by atomic mass is 9.87. The summed E-state index contributed by atoms with van der Waals surface area (Å²) in [6.45, 7) is 10.2. The van der Waals surface area contributed by atoms with E-state index in [2.05, 4.69) is 20.8 Å². The summed E-state index contributed by atoms with van der Waals surface area (Å²) in [5.41, 5.74) is 3.51. The molecule has 0 atom stereocenters. The van der Waals surface area contributed by atoms with Gasteiger partial charge in [-0.2, -0.15) is 0 Å². The largest absolute Gasteiger partial charge is 0.482 e. The standard InChI is InChI=1S/C25H29NO5/c1-17-13-22(18(2)26(17)14-21-7-6-12-29-21)23(27)15-31-24(28)16-30-20-10-8-19(9-11-20)25(3,4)5/h6-13H,14-16H2,1-5H3. The molecule has 0 radical (unpaired) electrons. The summed E-state index contributed by atoms with van der Waals surface area (Å²) in [6.07, 6.45) is 1.62. The summed E-state index contributed by atoms with van der Waals surface area (Å²) in [5.74, 6) is 0.553. The maximum Gasteiger partial charge on any atom is 0.344 e. The summed E-state index contributed by atoms with van der Waals surface area (Å²) >= 11 is 0. The van der Waals surface area contributed by atoms with Crippen LogP contribution in [0.1, 0.15) is 53.8 Å². The van der Waals surface area contributed by atoms with Crippen molar-refractivity contribution in [1.82, 2.24) is 4.57 Å². The third-order valence-corrected chi connectivity index (χ3v) is 5.21. The minimum atomic E-state index is -0.586. The zero-order valence-corrected chi connectivity index (χ0v) is 18.7. The molecule has 6 heteroatoms. The third-order valence-electron chi connectivity index (χ3n) is 5.21. The average Bonchev–Trinajstić information content (AvgIpc) is 3.34. The molecule has 2 aromatic heterocycles. The van der Waals surface area contributed by atoms with Gasteiger partial charge in [0.1, 0.15) is 11.5 Å². The predicted molar refractivity (Wildman–Crippen MR) is 118 cm³/mol. The number of benzene rings is 1. The van der Waals surface area contributed by atoms with Crippen LogP contribution in [0.15, 0.2) is 53.1 Å². The van der Waals surface area contributed by atoms with Crippen LogP contribution in [-0.2, 0) is 21.5 Å². The van der Waals surface area contributed by atoms with Crippen LogP contribution < -0.4 is 4.74 Å². The molecule has 0 N–H and O–H groups in total. The van der Waals surface area contributed by atoms with Gasteiger partial charge in [0.2, 0.25) is 5.78 Å². The number of carbonyl (C=O) groups excluding carboxylic acids is 2. The van der Waals surface area contributed by atoms with E-state index in [1.807, 2.05) is 60.9 Å². The summed E-state index contributed by atoms with van der Waals surface area (Å²) < 4.78 is 18.0. The first-order valence-corrected chi connectivity index (χ1v) is 10.3. The van der Waals surface area contributed by atoms with Crippen LogP contribution in [0.5, 0.6) is 5.75 Å². The van der Waals surface area contributed by atoms with E-state index in [0.717, 1.165) is 17.1 Å². The van der Waals surface area contributed by atoms with Crippen LogP contribution in [0.25, 0.3) is 0 Å². The van der Waals surface area contributed by atoms with Crippen LogP contribution in [0, 0.1) is 13.8 Å². The number of hydrogen-bond donors (Lipinski definition) is 0. The molecule has 6 nitrogen and oxygen atoms in total. The highest BCUT2D eigenvalue weighted by Gasteiger charge is 2.18. The number of Topliss-reactive ketones (excluding diaryl/α,β-unsaturated/α-hetero) is 1. The molecule has 0 aliphatic heterocycles. The SMILES string of the molecule is Cc1cc(C(=O)COC(=O)COc2ccc(C(C)(C)C)cc2)c(C)n1Cc1ccco1. The second kappa shape index (κ2) is 9.25. The normalized spacial score (nSPS) is 11.4. The van der Waals surface area contributed by atoms with Gasteiger partial charge in [-0.05, 0) is 55.2 Å². The van der Waals surface area contributed by atoms with Crippen LogP contribution >= 0.6 is 0 Å². The monoisotopic (exact) mass is 423 g/mol. The Labute approximate surface area is 182 Å². The maximum absolute atomic E-state index is 12.6. The summed E-state index contributed by atoms with van der Waals surface area (Å²) in [4.78, 5) is 24.6. The Morgan fingerprint density at radius 3 is 2.35 bits per heavy atom. The fraction of sp³-hybridized carbons (Fsp3) is 0.360. The van der Waals surface area contributed by atoms with Crippen molar-refractivity contribution in [3.05, 3.63) is 77.0 Å². The van der Waals surface area contributed by atoms with Gasteiger partial charge in [0, 0.05) is 17.0 Å². The molecule has 0 bridgehead atoms. The van der Waals surface area contributed by atoms with E-state index in [1.165, 1.54) is 5.56 Å². The van der Waals surface area contributed by atoms with Crippen molar-refractivity contribution >= 4 is 11.8 Å². The van der Waals surface area contributed by atoms with Gasteiger partial charge in [0.05, 0.1) is 12.8 Å². The fourth-order valence-corrected chi connectivity index (χ4v) is 3.34. The van der Waals surface area contributed by atoms with Gasteiger partial charge in [-0.25, -0.2) is 4.79 Å². The van der Waals surface area contributed by atoms with E-state index >= 15 is 0 Å². The van der Waals surface area contributed by atoms with Crippen molar-refractivity contribution < 1.29 is 23.5 Å². The minimum Gasteiger partial charge on any atom is -0.482 e. The number of carbonyl (C=O) groups is 2.